The topological polar surface area (TPSA) is 63.2 Å². The minimum absolute atomic E-state index is 0.334. The quantitative estimate of drug-likeness (QED) is 0.454. The van der Waals surface area contributed by atoms with E-state index in [-0.39, 0.29) is 6.04 Å². The maximum atomic E-state index is 12.2. The number of halogens is 1. The molecule has 1 aliphatic heterocycles. The predicted molar refractivity (Wildman–Crippen MR) is 111 cm³/mol. The van der Waals surface area contributed by atoms with Gasteiger partial charge in [0.1, 0.15) is 16.8 Å². The van der Waals surface area contributed by atoms with Gasteiger partial charge in [0.15, 0.2) is 4.32 Å². The number of nitrogens with zero attached hydrogens (tertiary/aromatic N) is 2. The molecule has 1 fully saturated rings. The van der Waals surface area contributed by atoms with Gasteiger partial charge >= 0.3 is 5.97 Å². The molecule has 1 unspecified atom stereocenters. The zero-order chi connectivity index (χ0) is 19.4. The SMILES string of the molecule is COc1cccc(C2NN(C)C(=S)SC2=NOC(=O)c2ccc(Cl)cc2)c1. The fraction of sp³-hybridized carbons (Fsp3) is 0.167. The highest BCUT2D eigenvalue weighted by Crippen LogP contribution is 2.30. The lowest BCUT2D eigenvalue weighted by Gasteiger charge is -2.33. The van der Waals surface area contributed by atoms with E-state index >= 15 is 0 Å². The van der Waals surface area contributed by atoms with E-state index in [1.54, 1.807) is 36.4 Å². The summed E-state index contributed by atoms with van der Waals surface area (Å²) in [5.41, 5.74) is 4.49. The summed E-state index contributed by atoms with van der Waals surface area (Å²) in [6.45, 7) is 0. The minimum Gasteiger partial charge on any atom is -0.497 e. The summed E-state index contributed by atoms with van der Waals surface area (Å²) < 4.78 is 5.85. The Morgan fingerprint density at radius 1 is 1.30 bits per heavy atom. The summed E-state index contributed by atoms with van der Waals surface area (Å²) in [4.78, 5) is 17.4. The molecule has 0 bridgehead atoms. The molecular formula is C18H16ClN3O3S2. The van der Waals surface area contributed by atoms with Crippen molar-refractivity contribution in [2.24, 2.45) is 5.16 Å². The van der Waals surface area contributed by atoms with Crippen molar-refractivity contribution in [2.75, 3.05) is 14.2 Å². The van der Waals surface area contributed by atoms with Gasteiger partial charge in [0.2, 0.25) is 0 Å². The Morgan fingerprint density at radius 3 is 2.74 bits per heavy atom. The number of hydrogen-bond donors (Lipinski definition) is 1. The van der Waals surface area contributed by atoms with Gasteiger partial charge < -0.3 is 9.57 Å². The number of rotatable bonds is 4. The molecule has 27 heavy (non-hydrogen) atoms. The van der Waals surface area contributed by atoms with Crippen LogP contribution >= 0.6 is 35.6 Å². The van der Waals surface area contributed by atoms with Crippen LogP contribution in [-0.4, -0.2) is 34.5 Å². The number of hydrogen-bond acceptors (Lipinski definition) is 7. The zero-order valence-electron chi connectivity index (χ0n) is 14.5. The molecule has 1 aliphatic rings. The van der Waals surface area contributed by atoms with Crippen LogP contribution in [0.5, 0.6) is 5.75 Å². The van der Waals surface area contributed by atoms with Crippen molar-refractivity contribution in [3.63, 3.8) is 0 Å². The molecule has 1 heterocycles. The highest BCUT2D eigenvalue weighted by Gasteiger charge is 2.30. The van der Waals surface area contributed by atoms with Crippen molar-refractivity contribution < 1.29 is 14.4 Å². The van der Waals surface area contributed by atoms with E-state index in [2.05, 4.69) is 10.6 Å². The first-order valence-corrected chi connectivity index (χ1v) is 9.48. The van der Waals surface area contributed by atoms with E-state index in [0.29, 0.717) is 25.7 Å². The number of thioether (sulfide) groups is 1. The summed E-state index contributed by atoms with van der Waals surface area (Å²) in [6, 6.07) is 13.6. The largest absolute Gasteiger partial charge is 0.497 e. The van der Waals surface area contributed by atoms with Crippen molar-refractivity contribution in [3.05, 3.63) is 64.7 Å². The minimum atomic E-state index is -0.575. The highest BCUT2D eigenvalue weighted by molar-refractivity contribution is 8.33. The monoisotopic (exact) mass is 421 g/mol. The van der Waals surface area contributed by atoms with Crippen LogP contribution in [0.15, 0.2) is 53.7 Å². The van der Waals surface area contributed by atoms with Gasteiger partial charge in [-0.05, 0) is 53.7 Å². The van der Waals surface area contributed by atoms with Gasteiger partial charge in [-0.25, -0.2) is 10.2 Å². The molecule has 3 rings (SSSR count). The third-order valence-corrected chi connectivity index (χ3v) is 5.50. The summed E-state index contributed by atoms with van der Waals surface area (Å²) in [5, 5.41) is 6.85. The number of nitrogens with one attached hydrogen (secondary N) is 1. The second-order valence-electron chi connectivity index (χ2n) is 5.58. The summed E-state index contributed by atoms with van der Waals surface area (Å²) >= 11 is 12.4. The Kier molecular flexibility index (Phi) is 6.33. The smallest absolute Gasteiger partial charge is 0.365 e. The molecule has 0 amide bonds. The normalized spacial score (nSPS) is 18.5. The lowest BCUT2D eigenvalue weighted by molar-refractivity contribution is 0.0515. The van der Waals surface area contributed by atoms with Gasteiger partial charge in [0.05, 0.1) is 12.7 Å². The molecule has 1 saturated heterocycles. The Labute approximate surface area is 171 Å². The van der Waals surface area contributed by atoms with Crippen molar-refractivity contribution >= 4 is 50.9 Å². The number of carbonyl (C=O) groups is 1. The highest BCUT2D eigenvalue weighted by atomic mass is 35.5. The van der Waals surface area contributed by atoms with Crippen molar-refractivity contribution in [2.45, 2.75) is 6.04 Å². The molecule has 9 heteroatoms. The lowest BCUT2D eigenvalue weighted by atomic mass is 10.1. The molecule has 6 nitrogen and oxygen atoms in total. The third kappa shape index (κ3) is 4.78. The lowest BCUT2D eigenvalue weighted by Crippen LogP contribution is -2.47. The third-order valence-electron chi connectivity index (χ3n) is 3.76. The molecule has 1 atom stereocenters. The van der Waals surface area contributed by atoms with E-state index < -0.39 is 5.97 Å². The van der Waals surface area contributed by atoms with Crippen molar-refractivity contribution in [3.8, 4) is 5.75 Å². The average molecular weight is 422 g/mol. The van der Waals surface area contributed by atoms with E-state index in [1.165, 1.54) is 11.8 Å². The Hall–Kier alpha value is -2.13. The molecule has 140 valence electrons. The number of ether oxygens (including phenoxy) is 1. The molecular weight excluding hydrogens is 406 g/mol. The average Bonchev–Trinajstić information content (AvgIpc) is 2.69. The number of carbonyl (C=O) groups excluding carboxylic acids is 1. The number of benzene rings is 2. The van der Waals surface area contributed by atoms with Gasteiger partial charge in [-0.3, -0.25) is 5.01 Å². The summed E-state index contributed by atoms with van der Waals surface area (Å²) in [6.07, 6.45) is 0. The van der Waals surface area contributed by atoms with Crippen LogP contribution in [-0.2, 0) is 4.84 Å². The van der Waals surface area contributed by atoms with Gasteiger partial charge in [0, 0.05) is 12.1 Å². The number of hydrazine groups is 1. The molecule has 0 radical (unpaired) electrons. The van der Waals surface area contributed by atoms with Gasteiger partial charge in [-0.15, -0.1) is 0 Å². The Morgan fingerprint density at radius 2 is 2.04 bits per heavy atom. The first-order chi connectivity index (χ1) is 13.0. The fourth-order valence-electron chi connectivity index (χ4n) is 2.35. The van der Waals surface area contributed by atoms with E-state index in [1.807, 2.05) is 31.3 Å². The predicted octanol–water partition coefficient (Wildman–Crippen LogP) is 4.03. The van der Waals surface area contributed by atoms with Crippen LogP contribution in [0.4, 0.5) is 0 Å². The molecule has 0 spiro atoms. The maximum absolute atomic E-state index is 12.2. The molecule has 1 N–H and O–H groups in total. The van der Waals surface area contributed by atoms with E-state index in [9.17, 15) is 4.79 Å². The van der Waals surface area contributed by atoms with E-state index in [4.69, 9.17) is 33.4 Å². The molecule has 0 saturated carbocycles. The molecule has 0 aliphatic carbocycles. The second kappa shape index (κ2) is 8.71. The maximum Gasteiger partial charge on any atom is 0.365 e. The number of methoxy groups -OCH3 is 1. The van der Waals surface area contributed by atoms with Crippen LogP contribution in [0.2, 0.25) is 5.02 Å². The number of oxime groups is 1. The van der Waals surface area contributed by atoms with Gasteiger partial charge in [-0.1, -0.05) is 41.1 Å². The number of thiocarbonyl (C=S) groups is 1. The molecule has 2 aromatic carbocycles. The van der Waals surface area contributed by atoms with Gasteiger partial charge in [0.25, 0.3) is 0 Å². The second-order valence-corrected chi connectivity index (χ2v) is 7.67. The molecule has 2 aromatic rings. The zero-order valence-corrected chi connectivity index (χ0v) is 16.9. The van der Waals surface area contributed by atoms with Crippen LogP contribution in [0.1, 0.15) is 22.0 Å². The fourth-order valence-corrected chi connectivity index (χ4v) is 3.54. The van der Waals surface area contributed by atoms with Gasteiger partial charge in [-0.2, -0.15) is 0 Å². The standard InChI is InChI=1S/C18H16ClN3O3S2/c1-22-18(26)27-16(15(20-22)12-4-3-5-14(10-12)24-2)21-25-17(23)11-6-8-13(19)9-7-11/h3-10,15,20H,1-2H3. The first kappa shape index (κ1) is 19.6. The summed E-state index contributed by atoms with van der Waals surface area (Å²) in [7, 11) is 3.42. The van der Waals surface area contributed by atoms with E-state index in [0.717, 1.165) is 5.56 Å². The summed E-state index contributed by atoms with van der Waals surface area (Å²) in [5.74, 6) is 0.140. The van der Waals surface area contributed by atoms with Crippen molar-refractivity contribution in [1.29, 1.82) is 0 Å². The van der Waals surface area contributed by atoms with Crippen molar-refractivity contribution in [1.82, 2.24) is 10.4 Å². The van der Waals surface area contributed by atoms with Crippen LogP contribution in [0, 0.1) is 0 Å². The molecule has 0 aromatic heterocycles. The Bertz CT molecular complexity index is 890. The van der Waals surface area contributed by atoms with Crippen LogP contribution < -0.4 is 10.2 Å². The van der Waals surface area contributed by atoms with Crippen LogP contribution in [0.25, 0.3) is 0 Å². The Balaban J connectivity index is 1.84. The van der Waals surface area contributed by atoms with Crippen LogP contribution in [0.3, 0.4) is 0 Å². The first-order valence-electron chi connectivity index (χ1n) is 7.88.